The quantitative estimate of drug-likeness (QED) is 0.402. The van der Waals surface area contributed by atoms with Crippen LogP contribution >= 0.6 is 0 Å². The molecule has 1 nitrogen and oxygen atoms in total. The maximum Gasteiger partial charge on any atom is 0.0680 e. The minimum Gasteiger partial charge on any atom is -0.288 e. The van der Waals surface area contributed by atoms with Gasteiger partial charge in [-0.1, -0.05) is 69.7 Å². The summed E-state index contributed by atoms with van der Waals surface area (Å²) in [4.78, 5) is 4.69. The van der Waals surface area contributed by atoms with E-state index in [-0.39, 0.29) is 5.41 Å². The third kappa shape index (κ3) is 5.04. The molecule has 1 aromatic rings. The molecule has 0 radical (unpaired) electrons. The number of nitrogens with zero attached hydrogens (tertiary/aromatic N) is 1. The Balaban J connectivity index is 3.70. The molecule has 0 fully saturated rings. The molecule has 0 spiro atoms. The van der Waals surface area contributed by atoms with Crippen LogP contribution in [-0.4, -0.2) is 12.8 Å². The van der Waals surface area contributed by atoms with Gasteiger partial charge in [0.05, 0.1) is 5.71 Å². The highest BCUT2D eigenvalue weighted by Gasteiger charge is 2.20. The highest BCUT2D eigenvalue weighted by Crippen LogP contribution is 2.33. The van der Waals surface area contributed by atoms with Crippen molar-refractivity contribution in [1.82, 2.24) is 0 Å². The van der Waals surface area contributed by atoms with E-state index in [0.29, 0.717) is 0 Å². The van der Waals surface area contributed by atoms with Gasteiger partial charge in [0.2, 0.25) is 0 Å². The van der Waals surface area contributed by atoms with Gasteiger partial charge in [0.1, 0.15) is 0 Å². The van der Waals surface area contributed by atoms with E-state index in [4.69, 9.17) is 0 Å². The molecule has 0 aliphatic carbocycles. The van der Waals surface area contributed by atoms with Crippen LogP contribution in [0.25, 0.3) is 0 Å². The molecule has 0 unspecified atom stereocenters. The van der Waals surface area contributed by atoms with Gasteiger partial charge in [0.25, 0.3) is 0 Å². The van der Waals surface area contributed by atoms with Crippen LogP contribution < -0.4 is 0 Å². The largest absolute Gasteiger partial charge is 0.288 e. The molecule has 25 heavy (non-hydrogen) atoms. The molecule has 0 aromatic heterocycles. The molecule has 1 heteroatoms. The lowest BCUT2D eigenvalue weighted by molar-refractivity contribution is 0.500. The van der Waals surface area contributed by atoms with Crippen molar-refractivity contribution in [1.29, 1.82) is 0 Å². The van der Waals surface area contributed by atoms with Crippen molar-refractivity contribution in [3.05, 3.63) is 69.8 Å². The fraction of sp³-hybridized carbons (Fsp3) is 0.458. The summed E-state index contributed by atoms with van der Waals surface area (Å²) in [7, 11) is 1.90. The number of aryl methyl sites for hydroxylation is 1. The normalized spacial score (nSPS) is 15.3. The van der Waals surface area contributed by atoms with Crippen molar-refractivity contribution in [3.63, 3.8) is 0 Å². The van der Waals surface area contributed by atoms with Crippen LogP contribution in [0, 0.1) is 12.3 Å². The molecule has 0 aliphatic rings. The Kier molecular flexibility index (Phi) is 7.60. The smallest absolute Gasteiger partial charge is 0.0680 e. The summed E-state index contributed by atoms with van der Waals surface area (Å²) in [5.74, 6) is 0. The molecule has 0 atom stereocenters. The minimum atomic E-state index is 0.140. The van der Waals surface area contributed by atoms with Gasteiger partial charge in [-0.05, 0) is 61.8 Å². The van der Waals surface area contributed by atoms with Gasteiger partial charge >= 0.3 is 0 Å². The Labute approximate surface area is 155 Å². The maximum atomic E-state index is 4.69. The van der Waals surface area contributed by atoms with Gasteiger partial charge < -0.3 is 0 Å². The van der Waals surface area contributed by atoms with E-state index < -0.39 is 0 Å². The molecule has 1 rings (SSSR count). The summed E-state index contributed by atoms with van der Waals surface area (Å²) >= 11 is 0. The van der Waals surface area contributed by atoms with Crippen molar-refractivity contribution < 1.29 is 0 Å². The average Bonchev–Trinajstić information content (AvgIpc) is 2.56. The second-order valence-electron chi connectivity index (χ2n) is 7.63. The molecule has 0 N–H and O–H groups in total. The predicted molar refractivity (Wildman–Crippen MR) is 114 cm³/mol. The van der Waals surface area contributed by atoms with Gasteiger partial charge in [0.15, 0.2) is 0 Å². The Morgan fingerprint density at radius 3 is 2.16 bits per heavy atom. The first-order chi connectivity index (χ1) is 11.7. The Morgan fingerprint density at radius 2 is 1.72 bits per heavy atom. The SMILES string of the molecule is C\C=C/C(=C(\C)C(C)(C)C)C(/C)=C(\CC)C(=NC)c1ccccc1C. The molecule has 0 bridgehead atoms. The van der Waals surface area contributed by atoms with Crippen LogP contribution in [0.2, 0.25) is 0 Å². The fourth-order valence-electron chi connectivity index (χ4n) is 3.13. The number of allylic oxidation sites excluding steroid dienone is 6. The first-order valence-electron chi connectivity index (χ1n) is 9.26. The van der Waals surface area contributed by atoms with E-state index in [1.54, 1.807) is 0 Å². The average molecular weight is 338 g/mol. The standard InChI is InChI=1S/C24H35N/c1-10-14-22(19(5)24(6,7)8)18(4)20(11-2)23(25-9)21-16-13-12-15-17(21)3/h10,12-16H,11H2,1-9H3/b14-10-,20-18+,22-19-,25-23?. The van der Waals surface area contributed by atoms with E-state index in [2.05, 4.69) is 96.8 Å². The zero-order chi connectivity index (χ0) is 19.2. The van der Waals surface area contributed by atoms with Crippen molar-refractivity contribution in [2.45, 2.75) is 61.8 Å². The number of benzene rings is 1. The summed E-state index contributed by atoms with van der Waals surface area (Å²) in [6, 6.07) is 8.52. The summed E-state index contributed by atoms with van der Waals surface area (Å²) in [6.45, 7) is 17.8. The van der Waals surface area contributed by atoms with Crippen molar-refractivity contribution in [3.8, 4) is 0 Å². The molecule has 1 aromatic carbocycles. The van der Waals surface area contributed by atoms with Gasteiger partial charge in [-0.15, -0.1) is 0 Å². The Morgan fingerprint density at radius 1 is 1.12 bits per heavy atom. The fourth-order valence-corrected chi connectivity index (χ4v) is 3.13. The first kappa shape index (κ1) is 21.2. The van der Waals surface area contributed by atoms with E-state index in [0.717, 1.165) is 12.1 Å². The predicted octanol–water partition coefficient (Wildman–Crippen LogP) is 7.08. The van der Waals surface area contributed by atoms with Crippen molar-refractivity contribution in [2.24, 2.45) is 10.4 Å². The number of hydrogen-bond acceptors (Lipinski definition) is 1. The van der Waals surface area contributed by atoms with Gasteiger partial charge in [-0.2, -0.15) is 0 Å². The second-order valence-corrected chi connectivity index (χ2v) is 7.63. The summed E-state index contributed by atoms with van der Waals surface area (Å²) < 4.78 is 0. The topological polar surface area (TPSA) is 12.4 Å². The number of hydrogen-bond donors (Lipinski definition) is 0. The Bertz CT molecular complexity index is 719. The summed E-state index contributed by atoms with van der Waals surface area (Å²) in [5.41, 5.74) is 9.16. The number of aliphatic imine (C=N–C) groups is 1. The van der Waals surface area contributed by atoms with E-state index in [1.807, 2.05) is 7.05 Å². The molecule has 136 valence electrons. The first-order valence-corrected chi connectivity index (χ1v) is 9.26. The minimum absolute atomic E-state index is 0.140. The highest BCUT2D eigenvalue weighted by molar-refractivity contribution is 6.14. The molecular weight excluding hydrogens is 302 g/mol. The van der Waals surface area contributed by atoms with Crippen molar-refractivity contribution >= 4 is 5.71 Å². The Hall–Kier alpha value is -1.89. The van der Waals surface area contributed by atoms with Crippen molar-refractivity contribution in [2.75, 3.05) is 7.05 Å². The molecular formula is C24H35N. The van der Waals surface area contributed by atoms with Crippen LogP contribution in [0.3, 0.4) is 0 Å². The van der Waals surface area contributed by atoms with Crippen LogP contribution in [0.5, 0.6) is 0 Å². The zero-order valence-corrected chi connectivity index (χ0v) is 17.6. The summed E-state index contributed by atoms with van der Waals surface area (Å²) in [6.07, 6.45) is 5.35. The monoisotopic (exact) mass is 337 g/mol. The lowest BCUT2D eigenvalue weighted by atomic mass is 9.80. The molecule has 0 saturated carbocycles. The highest BCUT2D eigenvalue weighted by atomic mass is 14.7. The van der Waals surface area contributed by atoms with Crippen LogP contribution in [0.15, 0.2) is 63.7 Å². The number of rotatable bonds is 5. The van der Waals surface area contributed by atoms with Gasteiger partial charge in [-0.3, -0.25) is 4.99 Å². The van der Waals surface area contributed by atoms with Gasteiger partial charge in [-0.25, -0.2) is 0 Å². The molecule has 0 aliphatic heterocycles. The third-order valence-corrected chi connectivity index (χ3v) is 4.98. The van der Waals surface area contributed by atoms with Crippen LogP contribution in [0.4, 0.5) is 0 Å². The third-order valence-electron chi connectivity index (χ3n) is 4.98. The maximum absolute atomic E-state index is 4.69. The lowest BCUT2D eigenvalue weighted by Gasteiger charge is -2.25. The van der Waals surface area contributed by atoms with E-state index in [9.17, 15) is 0 Å². The summed E-state index contributed by atoms with van der Waals surface area (Å²) in [5, 5.41) is 0. The van der Waals surface area contributed by atoms with E-state index >= 15 is 0 Å². The van der Waals surface area contributed by atoms with Gasteiger partial charge in [0, 0.05) is 12.6 Å². The molecule has 0 heterocycles. The zero-order valence-electron chi connectivity index (χ0n) is 17.6. The lowest BCUT2D eigenvalue weighted by Crippen LogP contribution is -2.13. The van der Waals surface area contributed by atoms with E-state index in [1.165, 1.54) is 33.4 Å². The van der Waals surface area contributed by atoms with Crippen LogP contribution in [0.1, 0.15) is 66.0 Å². The molecule has 0 saturated heterocycles. The van der Waals surface area contributed by atoms with Crippen LogP contribution in [-0.2, 0) is 0 Å². The molecule has 0 amide bonds. The second kappa shape index (κ2) is 8.99.